The molecule has 0 heterocycles. The minimum absolute atomic E-state index is 0.0484. The van der Waals surface area contributed by atoms with Crippen LogP contribution in [0.25, 0.3) is 77.2 Å². The molecule has 0 saturated heterocycles. The Morgan fingerprint density at radius 1 is 0.286 bits per heavy atom. The van der Waals surface area contributed by atoms with Crippen LogP contribution in [0.3, 0.4) is 0 Å². The summed E-state index contributed by atoms with van der Waals surface area (Å²) in [6, 6.07) is 79.0. The molecule has 0 bridgehead atoms. The zero-order valence-corrected chi connectivity index (χ0v) is 36.2. The molecular formula is C62H47N. The van der Waals surface area contributed by atoms with Crippen LogP contribution < -0.4 is 4.90 Å². The van der Waals surface area contributed by atoms with Gasteiger partial charge in [-0.1, -0.05) is 191 Å². The SMILES string of the molecule is CC1(C)c2ccccc2-c2ccc(-c3ccc(N(c4ccc5c(c4)C(C)(C)c4cc(-c6cc7ccccc7c7ccccc67)ccc4-5)c4ccccc4-c4ccccc4)cc3)cc21. The fourth-order valence-corrected chi connectivity index (χ4v) is 11.0. The van der Waals surface area contributed by atoms with Gasteiger partial charge >= 0.3 is 0 Å². The summed E-state index contributed by atoms with van der Waals surface area (Å²) >= 11 is 0. The van der Waals surface area contributed by atoms with Gasteiger partial charge in [0.2, 0.25) is 0 Å². The first-order chi connectivity index (χ1) is 30.8. The minimum atomic E-state index is -0.223. The minimum Gasteiger partial charge on any atom is -0.310 e. The highest BCUT2D eigenvalue weighted by Crippen LogP contribution is 2.53. The fourth-order valence-electron chi connectivity index (χ4n) is 11.0. The molecule has 10 aromatic carbocycles. The molecule has 0 aliphatic heterocycles. The van der Waals surface area contributed by atoms with Crippen molar-refractivity contribution >= 4 is 38.6 Å². The van der Waals surface area contributed by atoms with E-state index >= 15 is 0 Å². The molecule has 300 valence electrons. The van der Waals surface area contributed by atoms with Gasteiger partial charge in [-0.3, -0.25) is 0 Å². The summed E-state index contributed by atoms with van der Waals surface area (Å²) in [6.45, 7) is 9.51. The molecule has 0 unspecified atom stereocenters. The number of anilines is 3. The van der Waals surface area contributed by atoms with E-state index in [4.69, 9.17) is 0 Å². The molecule has 0 saturated carbocycles. The molecular weight excluding hydrogens is 759 g/mol. The Morgan fingerprint density at radius 3 is 1.56 bits per heavy atom. The van der Waals surface area contributed by atoms with Crippen LogP contribution in [0, 0.1) is 0 Å². The molecule has 0 aromatic heterocycles. The first kappa shape index (κ1) is 37.3. The number of benzene rings is 10. The van der Waals surface area contributed by atoms with E-state index in [1.165, 1.54) is 99.4 Å². The Bertz CT molecular complexity index is 3440. The monoisotopic (exact) mass is 805 g/mol. The maximum absolute atomic E-state index is 2.46. The summed E-state index contributed by atoms with van der Waals surface area (Å²) in [4.78, 5) is 2.46. The van der Waals surface area contributed by atoms with Gasteiger partial charge in [-0.25, -0.2) is 0 Å². The standard InChI is InChI=1S/C62H47N/c1-61(2)56-24-14-12-23-51(56)52-33-28-42(37-57(52)61)40-26-30-45(31-27-40)63(60-25-15-13-20-48(60)41-16-6-5-7-17-41)46-32-35-54-53-34-29-44(38-58(53)62(3,4)59(54)39-46)55-36-43-18-8-9-19-47(43)49-21-10-11-22-50(49)55/h5-39H,1-4H3. The molecule has 0 radical (unpaired) electrons. The van der Waals surface area contributed by atoms with Crippen molar-refractivity contribution in [3.05, 3.63) is 235 Å². The summed E-state index contributed by atoms with van der Waals surface area (Å²) in [5, 5.41) is 5.15. The second-order valence-electron chi connectivity index (χ2n) is 18.5. The molecule has 12 rings (SSSR count). The van der Waals surface area contributed by atoms with Crippen LogP contribution in [0.5, 0.6) is 0 Å². The predicted molar refractivity (Wildman–Crippen MR) is 268 cm³/mol. The molecule has 0 spiro atoms. The summed E-state index contributed by atoms with van der Waals surface area (Å²) in [5.74, 6) is 0. The maximum Gasteiger partial charge on any atom is 0.0540 e. The molecule has 10 aromatic rings. The van der Waals surface area contributed by atoms with Crippen LogP contribution in [0.4, 0.5) is 17.1 Å². The number of para-hydroxylation sites is 1. The van der Waals surface area contributed by atoms with Crippen LogP contribution in [0.2, 0.25) is 0 Å². The van der Waals surface area contributed by atoms with Crippen molar-refractivity contribution in [1.82, 2.24) is 0 Å². The fraction of sp³-hybridized carbons (Fsp3) is 0.0968. The van der Waals surface area contributed by atoms with E-state index < -0.39 is 0 Å². The first-order valence-electron chi connectivity index (χ1n) is 22.3. The lowest BCUT2D eigenvalue weighted by Gasteiger charge is -2.30. The lowest BCUT2D eigenvalue weighted by molar-refractivity contribution is 0.660. The van der Waals surface area contributed by atoms with Crippen LogP contribution in [-0.2, 0) is 10.8 Å². The molecule has 0 fully saturated rings. The van der Waals surface area contributed by atoms with Crippen LogP contribution in [0.1, 0.15) is 49.9 Å². The third-order valence-corrected chi connectivity index (χ3v) is 14.3. The summed E-state index contributed by atoms with van der Waals surface area (Å²) in [6.07, 6.45) is 0. The van der Waals surface area contributed by atoms with Crippen molar-refractivity contribution < 1.29 is 0 Å². The quantitative estimate of drug-likeness (QED) is 0.151. The zero-order valence-electron chi connectivity index (χ0n) is 36.2. The lowest BCUT2D eigenvalue weighted by Crippen LogP contribution is -2.17. The van der Waals surface area contributed by atoms with Crippen molar-refractivity contribution in [2.24, 2.45) is 0 Å². The Kier molecular flexibility index (Phi) is 8.30. The molecule has 1 heteroatoms. The second-order valence-corrected chi connectivity index (χ2v) is 18.5. The highest BCUT2D eigenvalue weighted by Gasteiger charge is 2.37. The van der Waals surface area contributed by atoms with Gasteiger partial charge in [0, 0.05) is 27.8 Å². The first-order valence-corrected chi connectivity index (χ1v) is 22.3. The second kappa shape index (κ2) is 14.0. The van der Waals surface area contributed by atoms with E-state index in [1.807, 2.05) is 0 Å². The Balaban J connectivity index is 0.965. The van der Waals surface area contributed by atoms with Crippen LogP contribution >= 0.6 is 0 Å². The topological polar surface area (TPSA) is 3.24 Å². The number of hydrogen-bond acceptors (Lipinski definition) is 1. The number of hydrogen-bond donors (Lipinski definition) is 0. The smallest absolute Gasteiger partial charge is 0.0540 e. The maximum atomic E-state index is 2.46. The van der Waals surface area contributed by atoms with Crippen LogP contribution in [0.15, 0.2) is 212 Å². The van der Waals surface area contributed by atoms with Crippen molar-refractivity contribution in [1.29, 1.82) is 0 Å². The van der Waals surface area contributed by atoms with Gasteiger partial charge in [0.05, 0.1) is 5.69 Å². The highest BCUT2D eigenvalue weighted by molar-refractivity contribution is 6.14. The summed E-state index contributed by atoms with van der Waals surface area (Å²) < 4.78 is 0. The highest BCUT2D eigenvalue weighted by atomic mass is 15.1. The van der Waals surface area contributed by atoms with E-state index in [2.05, 4.69) is 245 Å². The number of nitrogens with zero attached hydrogens (tertiary/aromatic N) is 1. The van der Waals surface area contributed by atoms with E-state index in [1.54, 1.807) is 0 Å². The van der Waals surface area contributed by atoms with Crippen molar-refractivity contribution in [2.45, 2.75) is 38.5 Å². The Labute approximate surface area is 370 Å². The van der Waals surface area contributed by atoms with Gasteiger partial charge in [0.15, 0.2) is 0 Å². The molecule has 0 atom stereocenters. The average molecular weight is 806 g/mol. The molecule has 63 heavy (non-hydrogen) atoms. The normalized spacial score (nSPS) is 14.0. The van der Waals surface area contributed by atoms with Gasteiger partial charge in [-0.05, 0) is 142 Å². The van der Waals surface area contributed by atoms with Crippen molar-refractivity contribution in [2.75, 3.05) is 4.90 Å². The third-order valence-electron chi connectivity index (χ3n) is 14.3. The van der Waals surface area contributed by atoms with Gasteiger partial charge < -0.3 is 4.90 Å². The molecule has 1 nitrogen and oxygen atoms in total. The van der Waals surface area contributed by atoms with E-state index in [9.17, 15) is 0 Å². The third kappa shape index (κ3) is 5.76. The van der Waals surface area contributed by atoms with Gasteiger partial charge in [-0.2, -0.15) is 0 Å². The number of fused-ring (bicyclic) bond motifs is 9. The molecule has 0 N–H and O–H groups in total. The Hall–Kier alpha value is -7.48. The largest absolute Gasteiger partial charge is 0.310 e. The van der Waals surface area contributed by atoms with Gasteiger partial charge in [0.1, 0.15) is 0 Å². The zero-order chi connectivity index (χ0) is 42.5. The Morgan fingerprint density at radius 2 is 0.794 bits per heavy atom. The van der Waals surface area contributed by atoms with Gasteiger partial charge in [0.25, 0.3) is 0 Å². The van der Waals surface area contributed by atoms with Crippen molar-refractivity contribution in [3.63, 3.8) is 0 Å². The van der Waals surface area contributed by atoms with E-state index in [0.29, 0.717) is 0 Å². The molecule has 0 amide bonds. The summed E-state index contributed by atoms with van der Waals surface area (Å²) in [5.41, 5.74) is 21.3. The van der Waals surface area contributed by atoms with Crippen LogP contribution in [-0.4, -0.2) is 0 Å². The van der Waals surface area contributed by atoms with Crippen molar-refractivity contribution in [3.8, 4) is 55.6 Å². The molecule has 2 aliphatic carbocycles. The average Bonchev–Trinajstić information content (AvgIpc) is 3.70. The number of rotatable bonds is 6. The van der Waals surface area contributed by atoms with Gasteiger partial charge in [-0.15, -0.1) is 0 Å². The van der Waals surface area contributed by atoms with E-state index in [-0.39, 0.29) is 10.8 Å². The predicted octanol–water partition coefficient (Wildman–Crippen LogP) is 17.1. The lowest BCUT2D eigenvalue weighted by atomic mass is 9.81. The van der Waals surface area contributed by atoms with E-state index in [0.717, 1.165) is 17.1 Å². The molecule has 2 aliphatic rings. The summed E-state index contributed by atoms with van der Waals surface area (Å²) in [7, 11) is 0.